The summed E-state index contributed by atoms with van der Waals surface area (Å²) in [5.74, 6) is -0.911. The van der Waals surface area contributed by atoms with Gasteiger partial charge in [-0.1, -0.05) is 96.6 Å². The Hall–Kier alpha value is -1.56. The molecule has 0 saturated carbocycles. The number of hydrogen-bond acceptors (Lipinski definition) is 10. The van der Waals surface area contributed by atoms with E-state index in [-0.39, 0.29) is 26.1 Å². The van der Waals surface area contributed by atoms with E-state index >= 15 is 0 Å². The Labute approximate surface area is 259 Å². The lowest BCUT2D eigenvalue weighted by atomic mass is 9.99. The molecule has 1 aliphatic heterocycles. The van der Waals surface area contributed by atoms with E-state index in [1.165, 1.54) is 70.6 Å². The molecule has 4 N–H and O–H groups in total. The lowest BCUT2D eigenvalue weighted by molar-refractivity contribution is -0.305. The van der Waals surface area contributed by atoms with Gasteiger partial charge in [0, 0.05) is 12.8 Å². The number of unbranched alkanes of at least 4 members (excludes halogenated alkanes) is 14. The van der Waals surface area contributed by atoms with Crippen molar-refractivity contribution >= 4 is 11.9 Å². The van der Waals surface area contributed by atoms with Crippen molar-refractivity contribution in [3.8, 4) is 0 Å². The predicted octanol–water partition coefficient (Wildman–Crippen LogP) is 4.88. The van der Waals surface area contributed by atoms with Gasteiger partial charge in [0.15, 0.2) is 12.4 Å². The second kappa shape index (κ2) is 25.7. The minimum atomic E-state index is -1.59. The van der Waals surface area contributed by atoms with E-state index in [9.17, 15) is 30.0 Å². The first kappa shape index (κ1) is 39.5. The van der Waals surface area contributed by atoms with Crippen LogP contribution in [-0.2, 0) is 28.5 Å². The summed E-state index contributed by atoms with van der Waals surface area (Å²) in [7, 11) is 0. The zero-order valence-electron chi connectivity index (χ0n) is 26.7. The normalized spacial score (nSPS) is 23.0. The summed E-state index contributed by atoms with van der Waals surface area (Å²) in [5, 5.41) is 39.3. The van der Waals surface area contributed by atoms with Crippen LogP contribution in [0.1, 0.15) is 129 Å². The average Bonchev–Trinajstić information content (AvgIpc) is 3.01. The Balaban J connectivity index is 2.18. The molecule has 10 heteroatoms. The third-order valence-corrected chi connectivity index (χ3v) is 7.70. The van der Waals surface area contributed by atoms with Gasteiger partial charge in [-0.05, 0) is 32.1 Å². The van der Waals surface area contributed by atoms with Crippen LogP contribution in [0.4, 0.5) is 0 Å². The maximum atomic E-state index is 12.4. The molecular weight excluding hydrogens is 556 g/mol. The molecule has 0 radical (unpaired) electrons. The van der Waals surface area contributed by atoms with Crippen molar-refractivity contribution in [1.29, 1.82) is 0 Å². The van der Waals surface area contributed by atoms with Gasteiger partial charge in [0.05, 0.1) is 13.2 Å². The summed E-state index contributed by atoms with van der Waals surface area (Å²) in [6.07, 6.45) is 16.2. The number of ether oxygens (including phenoxy) is 4. The van der Waals surface area contributed by atoms with Gasteiger partial charge in [-0.15, -0.1) is 0 Å². The zero-order chi connectivity index (χ0) is 31.7. The van der Waals surface area contributed by atoms with E-state index in [0.717, 1.165) is 25.7 Å². The predicted molar refractivity (Wildman–Crippen MR) is 164 cm³/mol. The minimum Gasteiger partial charge on any atom is -0.462 e. The first-order chi connectivity index (χ1) is 20.8. The Kier molecular flexibility index (Phi) is 23.6. The fraction of sp³-hybridized carbons (Fsp3) is 0.879. The van der Waals surface area contributed by atoms with Gasteiger partial charge in [-0.25, -0.2) is 0 Å². The van der Waals surface area contributed by atoms with Crippen LogP contribution in [0.15, 0.2) is 12.2 Å². The number of allylic oxidation sites excluding steroid dienone is 2. The lowest BCUT2D eigenvalue weighted by Crippen LogP contribution is -2.59. The van der Waals surface area contributed by atoms with Gasteiger partial charge < -0.3 is 39.4 Å². The highest BCUT2D eigenvalue weighted by Crippen LogP contribution is 2.22. The third-order valence-electron chi connectivity index (χ3n) is 7.70. The van der Waals surface area contributed by atoms with Crippen LogP contribution < -0.4 is 0 Å². The molecule has 43 heavy (non-hydrogen) atoms. The highest BCUT2D eigenvalue weighted by atomic mass is 16.7. The molecule has 0 bridgehead atoms. The highest BCUT2D eigenvalue weighted by Gasteiger charge is 2.44. The summed E-state index contributed by atoms with van der Waals surface area (Å²) >= 11 is 0. The van der Waals surface area contributed by atoms with Crippen molar-refractivity contribution in [2.75, 3.05) is 19.8 Å². The van der Waals surface area contributed by atoms with Crippen LogP contribution >= 0.6 is 0 Å². The Morgan fingerprint density at radius 3 is 1.84 bits per heavy atom. The smallest absolute Gasteiger partial charge is 0.306 e. The Bertz CT molecular complexity index is 728. The number of carbonyl (C=O) groups is 2. The number of carbonyl (C=O) groups excluding carboxylic acids is 2. The monoisotopic (exact) mass is 616 g/mol. The van der Waals surface area contributed by atoms with Crippen LogP contribution in [0.5, 0.6) is 0 Å². The summed E-state index contributed by atoms with van der Waals surface area (Å²) < 4.78 is 21.4. The molecule has 0 aliphatic carbocycles. The fourth-order valence-electron chi connectivity index (χ4n) is 4.93. The summed E-state index contributed by atoms with van der Waals surface area (Å²) in [5.41, 5.74) is 0. The van der Waals surface area contributed by atoms with Crippen LogP contribution in [-0.4, -0.2) is 89.0 Å². The number of esters is 2. The van der Waals surface area contributed by atoms with Crippen molar-refractivity contribution in [2.45, 2.75) is 166 Å². The number of rotatable bonds is 26. The van der Waals surface area contributed by atoms with Crippen LogP contribution in [0.2, 0.25) is 0 Å². The molecule has 0 spiro atoms. The molecule has 252 valence electrons. The van der Waals surface area contributed by atoms with Crippen molar-refractivity contribution in [2.24, 2.45) is 0 Å². The molecule has 1 fully saturated rings. The van der Waals surface area contributed by atoms with E-state index in [0.29, 0.717) is 6.42 Å². The topological polar surface area (TPSA) is 152 Å². The molecule has 0 aromatic carbocycles. The zero-order valence-corrected chi connectivity index (χ0v) is 26.7. The van der Waals surface area contributed by atoms with Crippen molar-refractivity contribution < 1.29 is 49.0 Å². The Morgan fingerprint density at radius 2 is 1.28 bits per heavy atom. The minimum absolute atomic E-state index is 0.157. The van der Waals surface area contributed by atoms with E-state index < -0.39 is 55.4 Å². The van der Waals surface area contributed by atoms with Crippen LogP contribution in [0, 0.1) is 0 Å². The quantitative estimate of drug-likeness (QED) is 0.0601. The molecule has 1 aliphatic rings. The third kappa shape index (κ3) is 18.8. The first-order valence-corrected chi connectivity index (χ1v) is 16.8. The standard InChI is InChI=1S/C33H60O10/c1-3-5-6-7-8-9-10-11-12-13-14-15-16-17-18-19-20-21-22-29(36)42-26(24-40-28(35)4-2)25-41-33-32(39)31(38)30(37)27(23-34)43-33/h12-13,26-27,30-34,37-39H,3-11,14-25H2,1-2H3/b13-12-. The summed E-state index contributed by atoms with van der Waals surface area (Å²) in [6.45, 7) is 2.80. The molecule has 1 saturated heterocycles. The van der Waals surface area contributed by atoms with E-state index in [1.807, 2.05) is 0 Å². The molecule has 6 unspecified atom stereocenters. The van der Waals surface area contributed by atoms with Crippen molar-refractivity contribution in [1.82, 2.24) is 0 Å². The number of aliphatic hydroxyl groups excluding tert-OH is 4. The molecule has 0 aromatic heterocycles. The van der Waals surface area contributed by atoms with Crippen molar-refractivity contribution in [3.05, 3.63) is 12.2 Å². The van der Waals surface area contributed by atoms with Gasteiger partial charge in [-0.2, -0.15) is 0 Å². The SMILES string of the molecule is CCCCCCCCC/C=C\CCCCCCCCCC(=O)OC(COC(=O)CC)COC1OC(CO)C(O)C(O)C1O. The van der Waals surface area contributed by atoms with Crippen LogP contribution in [0.25, 0.3) is 0 Å². The summed E-state index contributed by atoms with van der Waals surface area (Å²) in [6, 6.07) is 0. The van der Waals surface area contributed by atoms with E-state index in [1.54, 1.807) is 6.92 Å². The van der Waals surface area contributed by atoms with Gasteiger partial charge in [0.2, 0.25) is 0 Å². The Morgan fingerprint density at radius 1 is 0.721 bits per heavy atom. The van der Waals surface area contributed by atoms with E-state index in [2.05, 4.69) is 19.1 Å². The molecule has 0 amide bonds. The highest BCUT2D eigenvalue weighted by molar-refractivity contribution is 5.70. The number of aliphatic hydroxyl groups is 4. The molecule has 10 nitrogen and oxygen atoms in total. The second-order valence-electron chi connectivity index (χ2n) is 11.6. The maximum absolute atomic E-state index is 12.4. The van der Waals surface area contributed by atoms with Gasteiger partial charge in [0.1, 0.15) is 31.0 Å². The van der Waals surface area contributed by atoms with Crippen LogP contribution in [0.3, 0.4) is 0 Å². The maximum Gasteiger partial charge on any atom is 0.306 e. The van der Waals surface area contributed by atoms with E-state index in [4.69, 9.17) is 18.9 Å². The molecule has 1 rings (SSSR count). The first-order valence-electron chi connectivity index (χ1n) is 16.8. The summed E-state index contributed by atoms with van der Waals surface area (Å²) in [4.78, 5) is 24.1. The molecular formula is C33H60O10. The van der Waals surface area contributed by atoms with Gasteiger partial charge in [-0.3, -0.25) is 9.59 Å². The number of hydrogen-bond donors (Lipinski definition) is 4. The van der Waals surface area contributed by atoms with Gasteiger partial charge in [0.25, 0.3) is 0 Å². The molecule has 6 atom stereocenters. The molecule has 0 aromatic rings. The van der Waals surface area contributed by atoms with Crippen molar-refractivity contribution in [3.63, 3.8) is 0 Å². The second-order valence-corrected chi connectivity index (χ2v) is 11.6. The average molecular weight is 617 g/mol. The molecule has 1 heterocycles. The lowest BCUT2D eigenvalue weighted by Gasteiger charge is -2.39. The largest absolute Gasteiger partial charge is 0.462 e. The van der Waals surface area contributed by atoms with Gasteiger partial charge >= 0.3 is 11.9 Å². The fourth-order valence-corrected chi connectivity index (χ4v) is 4.93.